The summed E-state index contributed by atoms with van der Waals surface area (Å²) in [5, 5.41) is 2.88. The minimum absolute atomic E-state index is 0.129. The van der Waals surface area contributed by atoms with E-state index in [2.05, 4.69) is 5.32 Å². The van der Waals surface area contributed by atoms with Crippen LogP contribution in [-0.2, 0) is 9.53 Å². The van der Waals surface area contributed by atoms with Crippen LogP contribution >= 0.6 is 0 Å². The van der Waals surface area contributed by atoms with Crippen LogP contribution in [0.15, 0.2) is 54.6 Å². The number of carbonyl (C=O) groups is 1. The molecule has 1 fully saturated rings. The zero-order valence-electron chi connectivity index (χ0n) is 14.2. The van der Waals surface area contributed by atoms with Crippen LogP contribution in [0.3, 0.4) is 0 Å². The maximum absolute atomic E-state index is 12.3. The molecule has 0 aliphatic carbocycles. The SMILES string of the molecule is NC1(C(=O)NCCOc2ccccc2-c2ccccc2)CCOCC1. The van der Waals surface area contributed by atoms with Gasteiger partial charge < -0.3 is 20.5 Å². The molecule has 0 unspecified atom stereocenters. The van der Waals surface area contributed by atoms with Gasteiger partial charge in [-0.2, -0.15) is 0 Å². The molecule has 0 atom stereocenters. The lowest BCUT2D eigenvalue weighted by atomic mass is 9.90. The molecule has 1 aliphatic heterocycles. The summed E-state index contributed by atoms with van der Waals surface area (Å²) in [6, 6.07) is 18.0. The van der Waals surface area contributed by atoms with Gasteiger partial charge >= 0.3 is 0 Å². The van der Waals surface area contributed by atoms with Gasteiger partial charge in [0.1, 0.15) is 12.4 Å². The highest BCUT2D eigenvalue weighted by atomic mass is 16.5. The van der Waals surface area contributed by atoms with Gasteiger partial charge in [0, 0.05) is 18.8 Å². The maximum atomic E-state index is 12.3. The van der Waals surface area contributed by atoms with Crippen LogP contribution < -0.4 is 15.8 Å². The van der Waals surface area contributed by atoms with Crippen molar-refractivity contribution in [3.8, 4) is 16.9 Å². The Morgan fingerprint density at radius 3 is 2.52 bits per heavy atom. The van der Waals surface area contributed by atoms with E-state index < -0.39 is 5.54 Å². The van der Waals surface area contributed by atoms with Gasteiger partial charge in [0.2, 0.25) is 5.91 Å². The Balaban J connectivity index is 1.54. The minimum atomic E-state index is -0.819. The number of benzene rings is 2. The molecule has 3 N–H and O–H groups in total. The average molecular weight is 340 g/mol. The van der Waals surface area contributed by atoms with Crippen LogP contribution in [0, 0.1) is 0 Å². The molecule has 1 aliphatic rings. The Labute approximate surface area is 148 Å². The van der Waals surface area contributed by atoms with E-state index in [-0.39, 0.29) is 5.91 Å². The van der Waals surface area contributed by atoms with Crippen LogP contribution in [0.25, 0.3) is 11.1 Å². The number of rotatable bonds is 6. The fourth-order valence-electron chi connectivity index (χ4n) is 2.91. The van der Waals surface area contributed by atoms with Crippen molar-refractivity contribution in [3.05, 3.63) is 54.6 Å². The van der Waals surface area contributed by atoms with Crippen LogP contribution in [0.5, 0.6) is 5.75 Å². The lowest BCUT2D eigenvalue weighted by Crippen LogP contribution is -2.57. The molecule has 25 heavy (non-hydrogen) atoms. The molecule has 0 saturated carbocycles. The largest absolute Gasteiger partial charge is 0.491 e. The first-order valence-corrected chi connectivity index (χ1v) is 8.61. The van der Waals surface area contributed by atoms with Crippen molar-refractivity contribution in [2.75, 3.05) is 26.4 Å². The number of amides is 1. The minimum Gasteiger partial charge on any atom is -0.491 e. The van der Waals surface area contributed by atoms with E-state index in [4.69, 9.17) is 15.2 Å². The number of hydrogen-bond donors (Lipinski definition) is 2. The maximum Gasteiger partial charge on any atom is 0.240 e. The molecule has 2 aromatic rings. The highest BCUT2D eigenvalue weighted by molar-refractivity contribution is 5.86. The Morgan fingerprint density at radius 1 is 1.08 bits per heavy atom. The van der Waals surface area contributed by atoms with E-state index in [1.165, 1.54) is 0 Å². The van der Waals surface area contributed by atoms with Crippen molar-refractivity contribution >= 4 is 5.91 Å². The van der Waals surface area contributed by atoms with Crippen LogP contribution in [-0.4, -0.2) is 37.8 Å². The van der Waals surface area contributed by atoms with Crippen molar-refractivity contribution in [2.45, 2.75) is 18.4 Å². The Morgan fingerprint density at radius 2 is 1.76 bits per heavy atom. The Hall–Kier alpha value is -2.37. The monoisotopic (exact) mass is 340 g/mol. The molecular weight excluding hydrogens is 316 g/mol. The van der Waals surface area contributed by atoms with Gasteiger partial charge in [-0.1, -0.05) is 48.5 Å². The molecule has 1 amide bonds. The van der Waals surface area contributed by atoms with Crippen molar-refractivity contribution in [1.29, 1.82) is 0 Å². The van der Waals surface area contributed by atoms with Crippen LogP contribution in [0.4, 0.5) is 0 Å². The molecule has 1 heterocycles. The lowest BCUT2D eigenvalue weighted by Gasteiger charge is -2.31. The molecule has 0 radical (unpaired) electrons. The fraction of sp³-hybridized carbons (Fsp3) is 0.350. The summed E-state index contributed by atoms with van der Waals surface area (Å²) in [7, 11) is 0. The van der Waals surface area contributed by atoms with E-state index in [0.29, 0.717) is 39.2 Å². The number of para-hydroxylation sites is 1. The topological polar surface area (TPSA) is 73.6 Å². The molecule has 3 rings (SSSR count). The van der Waals surface area contributed by atoms with Crippen molar-refractivity contribution in [3.63, 3.8) is 0 Å². The number of nitrogens with one attached hydrogen (secondary N) is 1. The van der Waals surface area contributed by atoms with E-state index in [0.717, 1.165) is 16.9 Å². The predicted octanol–water partition coefficient (Wildman–Crippen LogP) is 2.36. The third-order valence-electron chi connectivity index (χ3n) is 4.45. The Kier molecular flexibility index (Phi) is 5.68. The quantitative estimate of drug-likeness (QED) is 0.792. The Bertz CT molecular complexity index is 697. The summed E-state index contributed by atoms with van der Waals surface area (Å²) in [5.41, 5.74) is 7.48. The normalized spacial score (nSPS) is 16.2. The number of hydrogen-bond acceptors (Lipinski definition) is 4. The average Bonchev–Trinajstić information content (AvgIpc) is 2.66. The first kappa shape index (κ1) is 17.5. The standard InChI is InChI=1S/C20H24N2O3/c21-20(10-13-24-14-11-20)19(23)22-12-15-25-18-9-5-4-8-17(18)16-6-2-1-3-7-16/h1-9H,10-15,21H2,(H,22,23). The van der Waals surface area contributed by atoms with Gasteiger partial charge in [-0.15, -0.1) is 0 Å². The first-order valence-electron chi connectivity index (χ1n) is 8.61. The third kappa shape index (κ3) is 4.38. The van der Waals surface area contributed by atoms with E-state index >= 15 is 0 Å². The zero-order valence-corrected chi connectivity index (χ0v) is 14.2. The van der Waals surface area contributed by atoms with Gasteiger partial charge in [-0.25, -0.2) is 0 Å². The van der Waals surface area contributed by atoms with Crippen molar-refractivity contribution in [1.82, 2.24) is 5.32 Å². The van der Waals surface area contributed by atoms with Gasteiger partial charge in [-0.3, -0.25) is 4.79 Å². The van der Waals surface area contributed by atoms with E-state index in [1.807, 2.05) is 54.6 Å². The second kappa shape index (κ2) is 8.14. The molecule has 0 spiro atoms. The molecule has 132 valence electrons. The van der Waals surface area contributed by atoms with Crippen molar-refractivity contribution < 1.29 is 14.3 Å². The fourth-order valence-corrected chi connectivity index (χ4v) is 2.91. The van der Waals surface area contributed by atoms with Gasteiger partial charge in [0.25, 0.3) is 0 Å². The summed E-state index contributed by atoms with van der Waals surface area (Å²) in [6.45, 7) is 1.87. The molecule has 5 heteroatoms. The lowest BCUT2D eigenvalue weighted by molar-refractivity contribution is -0.129. The number of ether oxygens (including phenoxy) is 2. The zero-order chi connectivity index (χ0) is 17.5. The summed E-state index contributed by atoms with van der Waals surface area (Å²) in [4.78, 5) is 12.3. The number of nitrogens with two attached hydrogens (primary N) is 1. The molecule has 0 aromatic heterocycles. The predicted molar refractivity (Wildman–Crippen MR) is 97.4 cm³/mol. The summed E-state index contributed by atoms with van der Waals surface area (Å²) >= 11 is 0. The third-order valence-corrected chi connectivity index (χ3v) is 4.45. The summed E-state index contributed by atoms with van der Waals surface area (Å²) in [5.74, 6) is 0.673. The van der Waals surface area contributed by atoms with E-state index in [9.17, 15) is 4.79 Å². The molecular formula is C20H24N2O3. The second-order valence-electron chi connectivity index (χ2n) is 6.24. The molecule has 2 aromatic carbocycles. The second-order valence-corrected chi connectivity index (χ2v) is 6.24. The summed E-state index contributed by atoms with van der Waals surface area (Å²) < 4.78 is 11.2. The van der Waals surface area contributed by atoms with Gasteiger partial charge in [0.15, 0.2) is 0 Å². The van der Waals surface area contributed by atoms with Gasteiger partial charge in [-0.05, 0) is 24.5 Å². The summed E-state index contributed by atoms with van der Waals surface area (Å²) in [6.07, 6.45) is 1.10. The van der Waals surface area contributed by atoms with Crippen LogP contribution in [0.1, 0.15) is 12.8 Å². The van der Waals surface area contributed by atoms with E-state index in [1.54, 1.807) is 0 Å². The van der Waals surface area contributed by atoms with Crippen LogP contribution in [0.2, 0.25) is 0 Å². The molecule has 0 bridgehead atoms. The first-order chi connectivity index (χ1) is 12.2. The highest BCUT2D eigenvalue weighted by Gasteiger charge is 2.35. The highest BCUT2D eigenvalue weighted by Crippen LogP contribution is 2.29. The van der Waals surface area contributed by atoms with Crippen molar-refractivity contribution in [2.24, 2.45) is 5.73 Å². The molecule has 5 nitrogen and oxygen atoms in total. The smallest absolute Gasteiger partial charge is 0.240 e. The van der Waals surface area contributed by atoms with Gasteiger partial charge in [0.05, 0.1) is 12.1 Å². The number of carbonyl (C=O) groups excluding carboxylic acids is 1. The molecule has 1 saturated heterocycles.